The Bertz CT molecular complexity index is 1120. The number of benzene rings is 2. The number of amides is 2. The molecule has 1 aliphatic heterocycles. The number of halogens is 3. The minimum absolute atomic E-state index is 0.267. The maximum atomic E-state index is 12.7. The lowest BCUT2D eigenvalue weighted by Crippen LogP contribution is -2.27. The molecule has 0 bridgehead atoms. The number of carbonyl (C=O) groups excluding carboxylic acids is 2. The quantitative estimate of drug-likeness (QED) is 0.398. The molecule has 0 radical (unpaired) electrons. The van der Waals surface area contributed by atoms with Crippen molar-refractivity contribution in [2.24, 2.45) is 0 Å². The van der Waals surface area contributed by atoms with Gasteiger partial charge in [0.15, 0.2) is 0 Å². The third-order valence-corrected chi connectivity index (χ3v) is 5.64. The number of anilines is 1. The third-order valence-electron chi connectivity index (χ3n) is 3.98. The highest BCUT2D eigenvalue weighted by molar-refractivity contribution is 8.19. The van der Waals surface area contributed by atoms with E-state index < -0.39 is 5.91 Å². The molecule has 1 aliphatic rings. The number of furan rings is 1. The first-order valence-electron chi connectivity index (χ1n) is 8.01. The normalized spacial score (nSPS) is 15.7. The summed E-state index contributed by atoms with van der Waals surface area (Å²) in [6, 6.07) is 15.0. The second-order valence-electron chi connectivity index (χ2n) is 5.82. The minimum atomic E-state index is -0.417. The van der Waals surface area contributed by atoms with Gasteiger partial charge in [-0.3, -0.25) is 9.59 Å². The van der Waals surface area contributed by atoms with Crippen molar-refractivity contribution in [1.82, 2.24) is 0 Å². The van der Waals surface area contributed by atoms with Crippen molar-refractivity contribution < 1.29 is 14.0 Å². The summed E-state index contributed by atoms with van der Waals surface area (Å²) in [4.78, 5) is 26.4. The molecule has 28 heavy (non-hydrogen) atoms. The first kappa shape index (κ1) is 19.2. The Morgan fingerprint density at radius 1 is 0.893 bits per heavy atom. The van der Waals surface area contributed by atoms with E-state index >= 15 is 0 Å². The number of thioether (sulfide) groups is 1. The van der Waals surface area contributed by atoms with E-state index in [0.717, 1.165) is 16.7 Å². The number of carbonyl (C=O) groups is 2. The predicted octanol–water partition coefficient (Wildman–Crippen LogP) is 7.15. The molecule has 0 spiro atoms. The van der Waals surface area contributed by atoms with Gasteiger partial charge in [-0.15, -0.1) is 0 Å². The highest BCUT2D eigenvalue weighted by atomic mass is 35.5. The number of hydrogen-bond acceptors (Lipinski definition) is 4. The Morgan fingerprint density at radius 2 is 1.61 bits per heavy atom. The van der Waals surface area contributed by atoms with Crippen LogP contribution in [0.2, 0.25) is 15.1 Å². The molecule has 1 saturated heterocycles. The molecule has 4 rings (SSSR count). The Hall–Kier alpha value is -2.18. The summed E-state index contributed by atoms with van der Waals surface area (Å²) in [5, 5.41) is 1.12. The summed E-state index contributed by atoms with van der Waals surface area (Å²) in [6.07, 6.45) is 1.54. The number of imide groups is 1. The fourth-order valence-corrected chi connectivity index (χ4v) is 4.12. The van der Waals surface area contributed by atoms with E-state index in [1.165, 1.54) is 6.08 Å². The topological polar surface area (TPSA) is 50.5 Å². The van der Waals surface area contributed by atoms with E-state index in [-0.39, 0.29) is 10.1 Å². The summed E-state index contributed by atoms with van der Waals surface area (Å²) >= 11 is 18.8. The fourth-order valence-electron chi connectivity index (χ4n) is 2.67. The van der Waals surface area contributed by atoms with Gasteiger partial charge in [0.1, 0.15) is 11.5 Å². The predicted molar refractivity (Wildman–Crippen MR) is 114 cm³/mol. The fraction of sp³-hybridized carbons (Fsp3) is 0. The zero-order valence-electron chi connectivity index (χ0n) is 14.0. The molecule has 0 N–H and O–H groups in total. The van der Waals surface area contributed by atoms with Crippen LogP contribution < -0.4 is 4.90 Å². The average Bonchev–Trinajstić information content (AvgIpc) is 3.21. The van der Waals surface area contributed by atoms with Crippen LogP contribution in [0.4, 0.5) is 10.5 Å². The highest BCUT2D eigenvalue weighted by Gasteiger charge is 2.36. The van der Waals surface area contributed by atoms with Gasteiger partial charge >= 0.3 is 0 Å². The first-order valence-corrected chi connectivity index (χ1v) is 9.96. The highest BCUT2D eigenvalue weighted by Crippen LogP contribution is 2.37. The molecule has 1 fully saturated rings. The van der Waals surface area contributed by atoms with Crippen LogP contribution in [0.5, 0.6) is 0 Å². The molecule has 2 aromatic carbocycles. The van der Waals surface area contributed by atoms with Gasteiger partial charge in [0.2, 0.25) is 0 Å². The summed E-state index contributed by atoms with van der Waals surface area (Å²) in [5.41, 5.74) is 1.14. The van der Waals surface area contributed by atoms with Crippen LogP contribution in [0.15, 0.2) is 63.9 Å². The van der Waals surface area contributed by atoms with E-state index in [9.17, 15) is 9.59 Å². The number of nitrogens with zero attached hydrogens (tertiary/aromatic N) is 1. The molecule has 2 heterocycles. The smallest absolute Gasteiger partial charge is 0.298 e. The Kier molecular flexibility index (Phi) is 5.25. The summed E-state index contributed by atoms with van der Waals surface area (Å²) < 4.78 is 5.78. The van der Waals surface area contributed by atoms with Crippen molar-refractivity contribution in [2.75, 3.05) is 4.90 Å². The van der Waals surface area contributed by atoms with E-state index in [1.54, 1.807) is 54.6 Å². The SMILES string of the molecule is O=C1S/C(=C/c2ccc(-c3ccc(Cl)cc3Cl)o2)C(=O)N1c1ccc(Cl)cc1. The largest absolute Gasteiger partial charge is 0.457 e. The zero-order valence-corrected chi connectivity index (χ0v) is 17.1. The van der Waals surface area contributed by atoms with Crippen molar-refractivity contribution in [3.05, 3.63) is 80.3 Å². The lowest BCUT2D eigenvalue weighted by Gasteiger charge is -2.11. The van der Waals surface area contributed by atoms with E-state index in [0.29, 0.717) is 37.8 Å². The minimum Gasteiger partial charge on any atom is -0.457 e. The van der Waals surface area contributed by atoms with Crippen molar-refractivity contribution >= 4 is 69.5 Å². The van der Waals surface area contributed by atoms with E-state index in [2.05, 4.69) is 0 Å². The second kappa shape index (κ2) is 7.68. The molecule has 1 aromatic heterocycles. The molecule has 0 unspecified atom stereocenters. The summed E-state index contributed by atoms with van der Waals surface area (Å²) in [6.45, 7) is 0. The van der Waals surface area contributed by atoms with E-state index in [1.807, 2.05) is 0 Å². The van der Waals surface area contributed by atoms with E-state index in [4.69, 9.17) is 39.2 Å². The molecule has 0 atom stereocenters. The second-order valence-corrected chi connectivity index (χ2v) is 8.09. The van der Waals surface area contributed by atoms with Crippen LogP contribution >= 0.6 is 46.6 Å². The Balaban J connectivity index is 1.61. The average molecular weight is 451 g/mol. The molecule has 8 heteroatoms. The van der Waals surface area contributed by atoms with Crippen molar-refractivity contribution in [1.29, 1.82) is 0 Å². The van der Waals surface area contributed by atoms with Gasteiger partial charge in [0.05, 0.1) is 15.6 Å². The van der Waals surface area contributed by atoms with Gasteiger partial charge in [-0.05, 0) is 66.4 Å². The van der Waals surface area contributed by atoms with Crippen molar-refractivity contribution in [3.63, 3.8) is 0 Å². The zero-order chi connectivity index (χ0) is 19.8. The monoisotopic (exact) mass is 449 g/mol. The van der Waals surface area contributed by atoms with Gasteiger partial charge < -0.3 is 4.42 Å². The number of hydrogen-bond donors (Lipinski definition) is 0. The lowest BCUT2D eigenvalue weighted by molar-refractivity contribution is -0.113. The van der Waals surface area contributed by atoms with Gasteiger partial charge in [0, 0.05) is 21.7 Å². The van der Waals surface area contributed by atoms with Crippen LogP contribution in [-0.4, -0.2) is 11.1 Å². The standard InChI is InChI=1S/C20H10Cl3NO3S/c21-11-1-4-13(5-2-11)24-19(25)18(28-20(24)26)10-14-6-8-17(27-14)15-7-3-12(22)9-16(15)23/h1-10H/b18-10+. The van der Waals surface area contributed by atoms with Crippen molar-refractivity contribution in [3.8, 4) is 11.3 Å². The van der Waals surface area contributed by atoms with Crippen LogP contribution in [0.25, 0.3) is 17.4 Å². The first-order chi connectivity index (χ1) is 13.4. The van der Waals surface area contributed by atoms with Crippen molar-refractivity contribution in [2.45, 2.75) is 0 Å². The molecular formula is C20H10Cl3NO3S. The van der Waals surface area contributed by atoms with Crippen LogP contribution in [0, 0.1) is 0 Å². The third kappa shape index (κ3) is 3.71. The Morgan fingerprint density at radius 3 is 2.32 bits per heavy atom. The van der Waals surface area contributed by atoms with Gasteiger partial charge in [-0.1, -0.05) is 34.8 Å². The van der Waals surface area contributed by atoms with Crippen LogP contribution in [-0.2, 0) is 4.79 Å². The Labute approximate surface area is 179 Å². The molecular weight excluding hydrogens is 441 g/mol. The molecule has 0 aliphatic carbocycles. The van der Waals surface area contributed by atoms with Gasteiger partial charge in [0.25, 0.3) is 11.1 Å². The van der Waals surface area contributed by atoms with Crippen LogP contribution in [0.3, 0.4) is 0 Å². The molecule has 4 nitrogen and oxygen atoms in total. The lowest BCUT2D eigenvalue weighted by atomic mass is 10.2. The molecule has 140 valence electrons. The van der Waals surface area contributed by atoms with Gasteiger partial charge in [-0.2, -0.15) is 0 Å². The summed E-state index contributed by atoms with van der Waals surface area (Å²) in [5.74, 6) is 0.548. The maximum absolute atomic E-state index is 12.7. The van der Waals surface area contributed by atoms with Crippen LogP contribution in [0.1, 0.15) is 5.76 Å². The summed E-state index contributed by atoms with van der Waals surface area (Å²) in [7, 11) is 0. The maximum Gasteiger partial charge on any atom is 0.298 e. The molecule has 3 aromatic rings. The van der Waals surface area contributed by atoms with Gasteiger partial charge in [-0.25, -0.2) is 4.90 Å². The molecule has 2 amide bonds. The number of rotatable bonds is 3. The molecule has 0 saturated carbocycles.